The molecule has 0 saturated carbocycles. The summed E-state index contributed by atoms with van der Waals surface area (Å²) in [6.45, 7) is 4.33. The van der Waals surface area contributed by atoms with Crippen LogP contribution in [0, 0.1) is 6.92 Å². The van der Waals surface area contributed by atoms with Crippen LogP contribution < -0.4 is 11.1 Å². The SMILES string of the molecule is Cc1ncc(N)cc1C(=O)NC(C)Cn1cccn1. The number of nitrogens with one attached hydrogen (secondary N) is 1. The minimum Gasteiger partial charge on any atom is -0.397 e. The molecule has 0 aromatic carbocycles. The van der Waals surface area contributed by atoms with Crippen molar-refractivity contribution in [3.8, 4) is 0 Å². The molecule has 0 bridgehead atoms. The zero-order chi connectivity index (χ0) is 13.8. The molecule has 2 rings (SSSR count). The average Bonchev–Trinajstić information content (AvgIpc) is 2.84. The summed E-state index contributed by atoms with van der Waals surface area (Å²) in [6, 6.07) is 3.45. The second-order valence-corrected chi connectivity index (χ2v) is 4.50. The molecule has 0 aliphatic rings. The van der Waals surface area contributed by atoms with Gasteiger partial charge in [-0.25, -0.2) is 0 Å². The number of carbonyl (C=O) groups is 1. The van der Waals surface area contributed by atoms with Gasteiger partial charge in [0.05, 0.1) is 29.7 Å². The van der Waals surface area contributed by atoms with Crippen LogP contribution >= 0.6 is 0 Å². The zero-order valence-corrected chi connectivity index (χ0v) is 11.0. The van der Waals surface area contributed by atoms with Gasteiger partial charge in [0.1, 0.15) is 0 Å². The third-order valence-electron chi connectivity index (χ3n) is 2.75. The largest absolute Gasteiger partial charge is 0.397 e. The Morgan fingerprint density at radius 1 is 1.58 bits per heavy atom. The summed E-state index contributed by atoms with van der Waals surface area (Å²) in [6.07, 6.45) is 5.11. The molecule has 0 saturated heterocycles. The van der Waals surface area contributed by atoms with Crippen molar-refractivity contribution in [3.05, 3.63) is 42.0 Å². The van der Waals surface area contributed by atoms with Crippen LogP contribution in [0.25, 0.3) is 0 Å². The molecule has 1 atom stereocenters. The van der Waals surface area contributed by atoms with Crippen molar-refractivity contribution in [1.29, 1.82) is 0 Å². The van der Waals surface area contributed by atoms with E-state index in [0.717, 1.165) is 0 Å². The van der Waals surface area contributed by atoms with Crippen LogP contribution in [0.15, 0.2) is 30.7 Å². The second-order valence-electron chi connectivity index (χ2n) is 4.50. The molecule has 100 valence electrons. The minimum absolute atomic E-state index is 0.0340. The van der Waals surface area contributed by atoms with E-state index in [1.807, 2.05) is 19.2 Å². The fourth-order valence-electron chi connectivity index (χ4n) is 1.82. The van der Waals surface area contributed by atoms with Gasteiger partial charge < -0.3 is 11.1 Å². The molecule has 0 aliphatic carbocycles. The molecule has 1 amide bonds. The van der Waals surface area contributed by atoms with E-state index in [9.17, 15) is 4.79 Å². The number of amides is 1. The smallest absolute Gasteiger partial charge is 0.253 e. The topological polar surface area (TPSA) is 85.8 Å². The molecule has 6 heteroatoms. The predicted octanol–water partition coefficient (Wildman–Crippen LogP) is 0.987. The van der Waals surface area contributed by atoms with Gasteiger partial charge in [0, 0.05) is 18.4 Å². The van der Waals surface area contributed by atoms with Crippen molar-refractivity contribution in [2.24, 2.45) is 0 Å². The number of rotatable bonds is 4. The molecular weight excluding hydrogens is 242 g/mol. The van der Waals surface area contributed by atoms with Gasteiger partial charge in [0.15, 0.2) is 0 Å². The first-order valence-electron chi connectivity index (χ1n) is 6.06. The monoisotopic (exact) mass is 259 g/mol. The zero-order valence-electron chi connectivity index (χ0n) is 11.0. The second kappa shape index (κ2) is 5.51. The number of anilines is 1. The Bertz CT molecular complexity index is 564. The van der Waals surface area contributed by atoms with Crippen LogP contribution in [0.2, 0.25) is 0 Å². The summed E-state index contributed by atoms with van der Waals surface area (Å²) in [4.78, 5) is 16.2. The Morgan fingerprint density at radius 3 is 3.05 bits per heavy atom. The van der Waals surface area contributed by atoms with Crippen LogP contribution in [-0.2, 0) is 6.54 Å². The molecule has 1 unspecified atom stereocenters. The number of nitrogens with zero attached hydrogens (tertiary/aromatic N) is 3. The highest BCUT2D eigenvalue weighted by molar-refractivity contribution is 5.96. The standard InChI is InChI=1S/C13H17N5O/c1-9(8-18-5-3-4-16-18)17-13(19)12-6-11(14)7-15-10(12)2/h3-7,9H,8,14H2,1-2H3,(H,17,19). The van der Waals surface area contributed by atoms with Gasteiger partial charge in [-0.15, -0.1) is 0 Å². The lowest BCUT2D eigenvalue weighted by atomic mass is 10.1. The molecule has 2 aromatic rings. The van der Waals surface area contributed by atoms with Crippen molar-refractivity contribution in [3.63, 3.8) is 0 Å². The summed E-state index contributed by atoms with van der Waals surface area (Å²) in [5.41, 5.74) is 7.30. The number of aromatic nitrogens is 3. The molecule has 0 spiro atoms. The average molecular weight is 259 g/mol. The van der Waals surface area contributed by atoms with Gasteiger partial charge in [-0.1, -0.05) is 0 Å². The Hall–Kier alpha value is -2.37. The Labute approximate surface area is 111 Å². The number of aryl methyl sites for hydroxylation is 1. The van der Waals surface area contributed by atoms with Crippen LogP contribution in [-0.4, -0.2) is 26.7 Å². The maximum Gasteiger partial charge on any atom is 0.253 e. The van der Waals surface area contributed by atoms with Crippen molar-refractivity contribution in [2.45, 2.75) is 26.4 Å². The van der Waals surface area contributed by atoms with Crippen LogP contribution in [0.5, 0.6) is 0 Å². The number of nitrogen functional groups attached to an aromatic ring is 1. The van der Waals surface area contributed by atoms with E-state index < -0.39 is 0 Å². The van der Waals surface area contributed by atoms with Gasteiger partial charge in [-0.2, -0.15) is 5.10 Å². The highest BCUT2D eigenvalue weighted by Crippen LogP contribution is 2.09. The Balaban J connectivity index is 2.02. The number of hydrogen-bond acceptors (Lipinski definition) is 4. The molecular formula is C13H17N5O. The number of pyridine rings is 1. The maximum absolute atomic E-state index is 12.1. The summed E-state index contributed by atoms with van der Waals surface area (Å²) < 4.78 is 1.77. The first kappa shape index (κ1) is 13.1. The van der Waals surface area contributed by atoms with E-state index >= 15 is 0 Å². The van der Waals surface area contributed by atoms with E-state index in [-0.39, 0.29) is 11.9 Å². The molecule has 0 aliphatic heterocycles. The van der Waals surface area contributed by atoms with E-state index in [1.165, 1.54) is 0 Å². The van der Waals surface area contributed by atoms with E-state index in [0.29, 0.717) is 23.5 Å². The Morgan fingerprint density at radius 2 is 2.37 bits per heavy atom. The van der Waals surface area contributed by atoms with Gasteiger partial charge in [0.2, 0.25) is 0 Å². The molecule has 2 aromatic heterocycles. The Kier molecular flexibility index (Phi) is 3.79. The third kappa shape index (κ3) is 3.31. The number of nitrogens with two attached hydrogens (primary N) is 1. The highest BCUT2D eigenvalue weighted by atomic mass is 16.1. The summed E-state index contributed by atoms with van der Waals surface area (Å²) in [7, 11) is 0. The van der Waals surface area contributed by atoms with Gasteiger partial charge >= 0.3 is 0 Å². The lowest BCUT2D eigenvalue weighted by molar-refractivity contribution is 0.0935. The maximum atomic E-state index is 12.1. The summed E-state index contributed by atoms with van der Waals surface area (Å²) >= 11 is 0. The van der Waals surface area contributed by atoms with Crippen LogP contribution in [0.4, 0.5) is 5.69 Å². The van der Waals surface area contributed by atoms with Crippen molar-refractivity contribution >= 4 is 11.6 Å². The fourth-order valence-corrected chi connectivity index (χ4v) is 1.82. The van der Waals surface area contributed by atoms with Crippen LogP contribution in [0.1, 0.15) is 23.0 Å². The van der Waals surface area contributed by atoms with Gasteiger partial charge in [-0.05, 0) is 26.0 Å². The van der Waals surface area contributed by atoms with Gasteiger partial charge in [-0.3, -0.25) is 14.5 Å². The molecule has 0 radical (unpaired) electrons. The molecule has 19 heavy (non-hydrogen) atoms. The molecule has 0 fully saturated rings. The number of carbonyl (C=O) groups excluding carboxylic acids is 1. The fraction of sp³-hybridized carbons (Fsp3) is 0.308. The molecule has 3 N–H and O–H groups in total. The first-order chi connectivity index (χ1) is 9.06. The lowest BCUT2D eigenvalue weighted by Gasteiger charge is -2.15. The first-order valence-corrected chi connectivity index (χ1v) is 6.06. The number of hydrogen-bond donors (Lipinski definition) is 2. The summed E-state index contributed by atoms with van der Waals surface area (Å²) in [5, 5.41) is 7.01. The lowest BCUT2D eigenvalue weighted by Crippen LogP contribution is -2.36. The van der Waals surface area contributed by atoms with Crippen molar-refractivity contribution in [1.82, 2.24) is 20.1 Å². The minimum atomic E-state index is -0.169. The normalized spacial score (nSPS) is 12.1. The quantitative estimate of drug-likeness (QED) is 0.857. The van der Waals surface area contributed by atoms with E-state index in [1.54, 1.807) is 30.1 Å². The highest BCUT2D eigenvalue weighted by Gasteiger charge is 2.13. The molecule has 6 nitrogen and oxygen atoms in total. The van der Waals surface area contributed by atoms with Crippen molar-refractivity contribution < 1.29 is 4.79 Å². The predicted molar refractivity (Wildman–Crippen MR) is 72.5 cm³/mol. The van der Waals surface area contributed by atoms with E-state index in [4.69, 9.17) is 5.73 Å². The van der Waals surface area contributed by atoms with E-state index in [2.05, 4.69) is 15.4 Å². The van der Waals surface area contributed by atoms with Gasteiger partial charge in [0.25, 0.3) is 5.91 Å². The summed E-state index contributed by atoms with van der Waals surface area (Å²) in [5.74, 6) is -0.169. The van der Waals surface area contributed by atoms with Crippen molar-refractivity contribution in [2.75, 3.05) is 5.73 Å². The van der Waals surface area contributed by atoms with Crippen LogP contribution in [0.3, 0.4) is 0 Å². The molecule has 2 heterocycles. The third-order valence-corrected chi connectivity index (χ3v) is 2.75.